The van der Waals surface area contributed by atoms with E-state index in [0.717, 1.165) is 24.6 Å². The number of nitrogens with zero attached hydrogens (tertiary/aromatic N) is 1. The molecule has 0 saturated carbocycles. The highest BCUT2D eigenvalue weighted by Crippen LogP contribution is 2.28. The second-order valence-electron chi connectivity index (χ2n) is 5.15. The molecule has 1 saturated heterocycles. The smallest absolute Gasteiger partial charge is 0.422 e. The summed E-state index contributed by atoms with van der Waals surface area (Å²) in [4.78, 5) is 13.5. The van der Waals surface area contributed by atoms with Crippen molar-refractivity contribution in [3.63, 3.8) is 0 Å². The largest absolute Gasteiger partial charge is 0.482 e. The van der Waals surface area contributed by atoms with Crippen LogP contribution in [0.25, 0.3) is 0 Å². The summed E-state index contributed by atoms with van der Waals surface area (Å²) in [5.41, 5.74) is -0.0655. The summed E-state index contributed by atoms with van der Waals surface area (Å²) in [5, 5.41) is 11.6. The molecule has 1 atom stereocenters. The van der Waals surface area contributed by atoms with E-state index in [-0.39, 0.29) is 18.3 Å². The van der Waals surface area contributed by atoms with Crippen LogP contribution in [0.15, 0.2) is 18.2 Å². The van der Waals surface area contributed by atoms with Crippen LogP contribution in [0.3, 0.4) is 0 Å². The summed E-state index contributed by atoms with van der Waals surface area (Å²) in [5.74, 6) is -1.19. The number of carbonyl (C=O) groups excluding carboxylic acids is 1. The second-order valence-corrected chi connectivity index (χ2v) is 5.15. The lowest BCUT2D eigenvalue weighted by Crippen LogP contribution is -2.40. The van der Waals surface area contributed by atoms with Crippen LogP contribution in [-0.4, -0.2) is 48.0 Å². The normalized spacial score (nSPS) is 18.1. The Morgan fingerprint density at radius 1 is 1.43 bits per heavy atom. The minimum absolute atomic E-state index is 0.0655. The number of benzene rings is 1. The summed E-state index contributed by atoms with van der Waals surface area (Å²) in [6, 6.07) is 1.99. The SMILES string of the molecule is O=C(Nc1ccc(F)cc1OCC(F)(F)F)N1CCC[C@H]1CO. The fourth-order valence-electron chi connectivity index (χ4n) is 2.36. The number of ether oxygens (including phenoxy) is 1. The van der Waals surface area contributed by atoms with Crippen molar-refractivity contribution < 1.29 is 32.2 Å². The average Bonchev–Trinajstić information content (AvgIpc) is 2.95. The van der Waals surface area contributed by atoms with Crippen molar-refractivity contribution in [1.29, 1.82) is 0 Å². The lowest BCUT2D eigenvalue weighted by molar-refractivity contribution is -0.153. The Hall–Kier alpha value is -2.03. The van der Waals surface area contributed by atoms with Gasteiger partial charge in [0.1, 0.15) is 11.6 Å². The molecule has 1 aromatic carbocycles. The zero-order chi connectivity index (χ0) is 17.0. The number of hydrogen-bond acceptors (Lipinski definition) is 3. The van der Waals surface area contributed by atoms with E-state index in [1.807, 2.05) is 0 Å². The maximum Gasteiger partial charge on any atom is 0.422 e. The number of carbonyl (C=O) groups is 1. The lowest BCUT2D eigenvalue weighted by Gasteiger charge is -2.24. The second kappa shape index (κ2) is 7.03. The first-order valence-corrected chi connectivity index (χ1v) is 6.98. The highest BCUT2D eigenvalue weighted by molar-refractivity contribution is 5.91. The number of amides is 2. The fourth-order valence-corrected chi connectivity index (χ4v) is 2.36. The van der Waals surface area contributed by atoms with E-state index in [0.29, 0.717) is 13.0 Å². The molecule has 1 heterocycles. The molecule has 1 aromatic rings. The van der Waals surface area contributed by atoms with Crippen molar-refractivity contribution in [2.45, 2.75) is 25.1 Å². The zero-order valence-corrected chi connectivity index (χ0v) is 12.1. The van der Waals surface area contributed by atoms with Crippen LogP contribution in [0.2, 0.25) is 0 Å². The van der Waals surface area contributed by atoms with E-state index in [9.17, 15) is 27.5 Å². The maximum absolute atomic E-state index is 13.2. The van der Waals surface area contributed by atoms with Gasteiger partial charge < -0.3 is 20.1 Å². The van der Waals surface area contributed by atoms with Crippen molar-refractivity contribution >= 4 is 11.7 Å². The molecule has 9 heteroatoms. The Morgan fingerprint density at radius 3 is 2.83 bits per heavy atom. The van der Waals surface area contributed by atoms with E-state index in [4.69, 9.17) is 0 Å². The number of halogens is 4. The van der Waals surface area contributed by atoms with Gasteiger partial charge in [-0.3, -0.25) is 0 Å². The van der Waals surface area contributed by atoms with Crippen molar-refractivity contribution in [3.05, 3.63) is 24.0 Å². The molecule has 1 aliphatic rings. The topological polar surface area (TPSA) is 61.8 Å². The predicted octanol–water partition coefficient (Wildman–Crippen LogP) is 2.76. The Kier molecular flexibility index (Phi) is 5.30. The number of aliphatic hydroxyl groups excluding tert-OH is 1. The first kappa shape index (κ1) is 17.3. The number of alkyl halides is 3. The molecule has 0 bridgehead atoms. The van der Waals surface area contributed by atoms with E-state index in [1.54, 1.807) is 0 Å². The first-order chi connectivity index (χ1) is 10.8. The van der Waals surface area contributed by atoms with Crippen LogP contribution in [0.4, 0.5) is 28.0 Å². The molecule has 0 unspecified atom stereocenters. The minimum atomic E-state index is -4.58. The van der Waals surface area contributed by atoms with Gasteiger partial charge in [0.15, 0.2) is 6.61 Å². The molecule has 0 aliphatic carbocycles. The third-order valence-electron chi connectivity index (χ3n) is 3.43. The molecule has 0 radical (unpaired) electrons. The number of rotatable bonds is 4. The highest BCUT2D eigenvalue weighted by Gasteiger charge is 2.30. The van der Waals surface area contributed by atoms with Gasteiger partial charge in [0, 0.05) is 12.6 Å². The highest BCUT2D eigenvalue weighted by atomic mass is 19.4. The standard InChI is InChI=1S/C14H16F4N2O3/c15-9-3-4-11(12(6-9)23-8-14(16,17)18)19-13(22)20-5-1-2-10(20)7-21/h3-4,6,10,21H,1-2,5,7-8H2,(H,19,22)/t10-/m0/s1. The molecular weight excluding hydrogens is 320 g/mol. The van der Waals surface area contributed by atoms with Gasteiger partial charge >= 0.3 is 12.2 Å². The lowest BCUT2D eigenvalue weighted by atomic mass is 10.2. The van der Waals surface area contributed by atoms with Crippen LogP contribution < -0.4 is 10.1 Å². The van der Waals surface area contributed by atoms with Gasteiger partial charge in [-0.1, -0.05) is 0 Å². The van der Waals surface area contributed by atoms with Crippen LogP contribution in [0.1, 0.15) is 12.8 Å². The third-order valence-corrected chi connectivity index (χ3v) is 3.43. The zero-order valence-electron chi connectivity index (χ0n) is 12.1. The molecule has 23 heavy (non-hydrogen) atoms. The number of anilines is 1. The quantitative estimate of drug-likeness (QED) is 0.831. The van der Waals surface area contributed by atoms with Gasteiger partial charge in [-0.05, 0) is 25.0 Å². The molecule has 2 amide bonds. The number of hydrogen-bond donors (Lipinski definition) is 2. The summed E-state index contributed by atoms with van der Waals surface area (Å²) >= 11 is 0. The molecule has 2 rings (SSSR count). The number of urea groups is 1. The van der Waals surface area contributed by atoms with Crippen LogP contribution >= 0.6 is 0 Å². The third kappa shape index (κ3) is 4.72. The molecule has 2 N–H and O–H groups in total. The molecule has 128 valence electrons. The summed E-state index contributed by atoms with van der Waals surface area (Å²) in [7, 11) is 0. The van der Waals surface area contributed by atoms with Gasteiger partial charge in [0.25, 0.3) is 0 Å². The van der Waals surface area contributed by atoms with Gasteiger partial charge in [0.05, 0.1) is 18.3 Å². The molecule has 1 fully saturated rings. The monoisotopic (exact) mass is 336 g/mol. The number of likely N-dealkylation sites (tertiary alicyclic amines) is 1. The number of aliphatic hydroxyl groups is 1. The Balaban J connectivity index is 2.11. The van der Waals surface area contributed by atoms with Crippen LogP contribution in [0, 0.1) is 5.82 Å². The van der Waals surface area contributed by atoms with Crippen molar-refractivity contribution in [2.24, 2.45) is 0 Å². The molecular formula is C14H16F4N2O3. The molecule has 1 aliphatic heterocycles. The summed E-state index contributed by atoms with van der Waals surface area (Å²) in [6.45, 7) is -1.37. The molecule has 0 aromatic heterocycles. The van der Waals surface area contributed by atoms with E-state index < -0.39 is 30.4 Å². The van der Waals surface area contributed by atoms with Crippen molar-refractivity contribution in [1.82, 2.24) is 4.90 Å². The van der Waals surface area contributed by atoms with Crippen molar-refractivity contribution in [3.8, 4) is 5.75 Å². The molecule has 5 nitrogen and oxygen atoms in total. The van der Waals surface area contributed by atoms with Gasteiger partial charge in [-0.2, -0.15) is 13.2 Å². The average molecular weight is 336 g/mol. The maximum atomic E-state index is 13.2. The Bertz CT molecular complexity index is 565. The van der Waals surface area contributed by atoms with Gasteiger partial charge in [0.2, 0.25) is 0 Å². The first-order valence-electron chi connectivity index (χ1n) is 6.98. The van der Waals surface area contributed by atoms with Gasteiger partial charge in [-0.25, -0.2) is 9.18 Å². The van der Waals surface area contributed by atoms with E-state index in [2.05, 4.69) is 10.1 Å². The Morgan fingerprint density at radius 2 is 2.17 bits per heavy atom. The fraction of sp³-hybridized carbons (Fsp3) is 0.500. The molecule has 0 spiro atoms. The van der Waals surface area contributed by atoms with Crippen LogP contribution in [-0.2, 0) is 0 Å². The van der Waals surface area contributed by atoms with E-state index >= 15 is 0 Å². The Labute approximate surface area is 129 Å². The summed E-state index contributed by atoms with van der Waals surface area (Å²) in [6.07, 6.45) is -3.21. The van der Waals surface area contributed by atoms with Crippen LogP contribution in [0.5, 0.6) is 5.75 Å². The predicted molar refractivity (Wildman–Crippen MR) is 73.8 cm³/mol. The number of nitrogens with one attached hydrogen (secondary N) is 1. The summed E-state index contributed by atoms with van der Waals surface area (Å²) < 4.78 is 54.5. The van der Waals surface area contributed by atoms with E-state index in [1.165, 1.54) is 4.90 Å². The van der Waals surface area contributed by atoms with Gasteiger partial charge in [-0.15, -0.1) is 0 Å². The minimum Gasteiger partial charge on any atom is -0.482 e. The van der Waals surface area contributed by atoms with Crippen molar-refractivity contribution in [2.75, 3.05) is 25.1 Å².